The summed E-state index contributed by atoms with van der Waals surface area (Å²) in [7, 11) is 0. The smallest absolute Gasteiger partial charge is 0.350 e. The Balaban J connectivity index is 2.42. The van der Waals surface area contributed by atoms with E-state index in [-0.39, 0.29) is 23.9 Å². The van der Waals surface area contributed by atoms with E-state index in [0.29, 0.717) is 18.9 Å². The summed E-state index contributed by atoms with van der Waals surface area (Å²) in [5.41, 5.74) is -0.371. The van der Waals surface area contributed by atoms with Crippen LogP contribution in [-0.4, -0.2) is 34.1 Å². The van der Waals surface area contributed by atoms with E-state index in [1.165, 1.54) is 0 Å². The van der Waals surface area contributed by atoms with Gasteiger partial charge in [-0.15, -0.1) is 0 Å². The van der Waals surface area contributed by atoms with Crippen molar-refractivity contribution in [1.29, 1.82) is 0 Å². The van der Waals surface area contributed by atoms with Gasteiger partial charge in [-0.05, 0) is 18.8 Å². The minimum absolute atomic E-state index is 0.0471. The van der Waals surface area contributed by atoms with Crippen molar-refractivity contribution in [3.05, 3.63) is 10.5 Å². The second-order valence-electron chi connectivity index (χ2n) is 5.87. The highest BCUT2D eigenvalue weighted by Crippen LogP contribution is 2.20. The van der Waals surface area contributed by atoms with E-state index < -0.39 is 5.69 Å². The van der Waals surface area contributed by atoms with Gasteiger partial charge in [-0.2, -0.15) is 9.97 Å². The lowest BCUT2D eigenvalue weighted by atomic mass is 9.90. The molecule has 0 bridgehead atoms. The fourth-order valence-electron chi connectivity index (χ4n) is 1.51. The van der Waals surface area contributed by atoms with Crippen LogP contribution in [-0.2, 0) is 4.79 Å². The van der Waals surface area contributed by atoms with Gasteiger partial charge in [-0.25, -0.2) is 4.79 Å². The summed E-state index contributed by atoms with van der Waals surface area (Å²) in [5, 5.41) is 8.40. The lowest BCUT2D eigenvalue weighted by Gasteiger charge is -2.17. The maximum absolute atomic E-state index is 11.6. The van der Waals surface area contributed by atoms with E-state index in [9.17, 15) is 9.59 Å². The number of aromatic amines is 1. The molecule has 0 aromatic carbocycles. The van der Waals surface area contributed by atoms with Gasteiger partial charge in [0.15, 0.2) is 0 Å². The molecule has 0 saturated heterocycles. The lowest BCUT2D eigenvalue weighted by Crippen LogP contribution is -2.31. The first-order chi connectivity index (χ1) is 9.80. The third-order valence-corrected chi connectivity index (χ3v) is 2.63. The molecule has 1 aromatic rings. The summed E-state index contributed by atoms with van der Waals surface area (Å²) >= 11 is 0. The molecule has 0 unspecified atom stereocenters. The summed E-state index contributed by atoms with van der Waals surface area (Å²) in [6.07, 6.45) is 1.27. The highest BCUT2D eigenvalue weighted by atomic mass is 16.2. The zero-order valence-corrected chi connectivity index (χ0v) is 13.0. The number of hydrogen-bond acceptors (Lipinski definition) is 6. The van der Waals surface area contributed by atoms with Crippen molar-refractivity contribution in [3.63, 3.8) is 0 Å². The highest BCUT2D eigenvalue weighted by molar-refractivity contribution is 5.76. The van der Waals surface area contributed by atoms with Crippen molar-refractivity contribution in [2.45, 2.75) is 40.5 Å². The minimum atomic E-state index is -0.498. The number of anilines is 2. The van der Waals surface area contributed by atoms with Gasteiger partial charge in [0.25, 0.3) is 0 Å². The third-order valence-electron chi connectivity index (χ3n) is 2.63. The molecule has 8 nitrogen and oxygen atoms in total. The predicted octanol–water partition coefficient (Wildman–Crippen LogP) is 0.909. The molecule has 0 spiro atoms. The average molecular weight is 296 g/mol. The Labute approximate surface area is 124 Å². The molecule has 118 valence electrons. The average Bonchev–Trinajstić information content (AvgIpc) is 2.35. The molecule has 0 fully saturated rings. The topological polar surface area (TPSA) is 112 Å². The van der Waals surface area contributed by atoms with Gasteiger partial charge in [-0.3, -0.25) is 9.78 Å². The molecule has 8 heteroatoms. The molecule has 21 heavy (non-hydrogen) atoms. The number of H-pyrrole nitrogens is 1. The zero-order valence-electron chi connectivity index (χ0n) is 13.0. The van der Waals surface area contributed by atoms with Crippen molar-refractivity contribution in [3.8, 4) is 0 Å². The van der Waals surface area contributed by atoms with Gasteiger partial charge < -0.3 is 16.0 Å². The fraction of sp³-hybridized carbons (Fsp3) is 0.692. The molecule has 0 aliphatic heterocycles. The first kappa shape index (κ1) is 16.9. The Morgan fingerprint density at radius 3 is 2.57 bits per heavy atom. The van der Waals surface area contributed by atoms with E-state index in [1.54, 1.807) is 0 Å². The maximum atomic E-state index is 11.6. The molecule has 0 saturated carbocycles. The fourth-order valence-corrected chi connectivity index (χ4v) is 1.51. The number of nitrogens with one attached hydrogen (secondary N) is 4. The first-order valence-corrected chi connectivity index (χ1v) is 7.03. The normalized spacial score (nSPS) is 11.0. The monoisotopic (exact) mass is 296 g/mol. The summed E-state index contributed by atoms with van der Waals surface area (Å²) in [4.78, 5) is 33.2. The molecule has 0 radical (unpaired) electrons. The quantitative estimate of drug-likeness (QED) is 0.556. The van der Waals surface area contributed by atoms with E-state index in [1.807, 2.05) is 6.92 Å². The van der Waals surface area contributed by atoms with E-state index >= 15 is 0 Å². The van der Waals surface area contributed by atoms with Crippen LogP contribution >= 0.6 is 0 Å². The molecule has 1 aromatic heterocycles. The second kappa shape index (κ2) is 7.61. The maximum Gasteiger partial charge on any atom is 0.350 e. The van der Waals surface area contributed by atoms with Crippen LogP contribution in [0.25, 0.3) is 0 Å². The Morgan fingerprint density at radius 1 is 1.24 bits per heavy atom. The van der Waals surface area contributed by atoms with E-state index in [4.69, 9.17) is 0 Å². The van der Waals surface area contributed by atoms with Gasteiger partial charge in [0.1, 0.15) is 0 Å². The van der Waals surface area contributed by atoms with Crippen LogP contribution in [0, 0.1) is 5.41 Å². The zero-order chi connectivity index (χ0) is 15.9. The molecular weight excluding hydrogens is 272 g/mol. The predicted molar refractivity (Wildman–Crippen MR) is 82.1 cm³/mol. The van der Waals surface area contributed by atoms with Crippen LogP contribution in [0.15, 0.2) is 4.79 Å². The van der Waals surface area contributed by atoms with Crippen molar-refractivity contribution in [2.75, 3.05) is 23.8 Å². The van der Waals surface area contributed by atoms with Crippen LogP contribution in [0.1, 0.15) is 40.5 Å². The number of carbonyl (C=O) groups is 1. The van der Waals surface area contributed by atoms with Crippen LogP contribution < -0.4 is 21.6 Å². The molecule has 1 heterocycles. The Bertz CT molecular complexity index is 520. The highest BCUT2D eigenvalue weighted by Gasteiger charge is 2.12. The standard InChI is InChI=1S/C13H24N6O2/c1-5-14-10-17-11(19-12(21)18-10)16-8-15-9(20)6-7-13(2,3)4/h5-8H2,1-4H3,(H,15,20)(H3,14,16,17,18,19,21). The van der Waals surface area contributed by atoms with Gasteiger partial charge in [0.05, 0.1) is 6.67 Å². The number of hydrogen-bond donors (Lipinski definition) is 4. The Hall–Kier alpha value is -2.12. The van der Waals surface area contributed by atoms with Crippen LogP contribution in [0.2, 0.25) is 0 Å². The van der Waals surface area contributed by atoms with Crippen molar-refractivity contribution in [1.82, 2.24) is 20.3 Å². The molecule has 1 rings (SSSR count). The largest absolute Gasteiger partial charge is 0.356 e. The first-order valence-electron chi connectivity index (χ1n) is 7.03. The number of amides is 1. The van der Waals surface area contributed by atoms with Crippen LogP contribution in [0.3, 0.4) is 0 Å². The summed E-state index contributed by atoms with van der Waals surface area (Å²) < 4.78 is 0. The number of rotatable bonds is 7. The van der Waals surface area contributed by atoms with Gasteiger partial charge in [0, 0.05) is 13.0 Å². The molecular formula is C13H24N6O2. The molecule has 0 aliphatic carbocycles. The van der Waals surface area contributed by atoms with Crippen molar-refractivity contribution in [2.24, 2.45) is 5.41 Å². The summed E-state index contributed by atoms with van der Waals surface area (Å²) in [6.45, 7) is 8.97. The van der Waals surface area contributed by atoms with E-state index in [0.717, 1.165) is 6.42 Å². The summed E-state index contributed by atoms with van der Waals surface area (Å²) in [5.74, 6) is 0.471. The van der Waals surface area contributed by atoms with E-state index in [2.05, 4.69) is 51.7 Å². The number of aromatic nitrogens is 3. The summed E-state index contributed by atoms with van der Waals surface area (Å²) in [6, 6.07) is 0. The molecule has 1 amide bonds. The van der Waals surface area contributed by atoms with Gasteiger partial charge >= 0.3 is 5.69 Å². The van der Waals surface area contributed by atoms with Gasteiger partial charge in [-0.1, -0.05) is 20.8 Å². The molecule has 4 N–H and O–H groups in total. The van der Waals surface area contributed by atoms with Crippen molar-refractivity contribution >= 4 is 17.8 Å². The number of carbonyl (C=O) groups excluding carboxylic acids is 1. The minimum Gasteiger partial charge on any atom is -0.356 e. The molecule has 0 aliphatic rings. The third kappa shape index (κ3) is 7.28. The Morgan fingerprint density at radius 2 is 1.95 bits per heavy atom. The Kier molecular flexibility index (Phi) is 6.13. The van der Waals surface area contributed by atoms with Crippen molar-refractivity contribution < 1.29 is 4.79 Å². The molecule has 0 atom stereocenters. The SMILES string of the molecule is CCNc1nc(NCNC(=O)CCC(C)(C)C)nc(=O)[nH]1. The van der Waals surface area contributed by atoms with Crippen LogP contribution in [0.4, 0.5) is 11.9 Å². The van der Waals surface area contributed by atoms with Crippen LogP contribution in [0.5, 0.6) is 0 Å². The van der Waals surface area contributed by atoms with Gasteiger partial charge in [0.2, 0.25) is 17.8 Å². The lowest BCUT2D eigenvalue weighted by molar-refractivity contribution is -0.121. The number of nitrogens with zero attached hydrogens (tertiary/aromatic N) is 2. The second-order valence-corrected chi connectivity index (χ2v) is 5.87.